The third kappa shape index (κ3) is 2.05. The fourth-order valence-electron chi connectivity index (χ4n) is 0.882. The lowest BCUT2D eigenvalue weighted by atomic mass is 10.2. The smallest absolute Gasteiger partial charge is 0.119 e. The van der Waals surface area contributed by atoms with Gasteiger partial charge in [0.25, 0.3) is 0 Å². The molecule has 64 valence electrons. The second-order valence-electron chi connectivity index (χ2n) is 2.22. The first-order chi connectivity index (χ1) is 4.47. The fraction of sp³-hybridized carbons (Fsp3) is 0.600. The number of rotatable bonds is 1. The van der Waals surface area contributed by atoms with Gasteiger partial charge < -0.3 is 9.88 Å². The Morgan fingerprint density at radius 2 is 1.73 bits per heavy atom. The predicted molar refractivity (Wildman–Crippen MR) is 46.4 cm³/mol. The Hall–Kier alpha value is -0.320. The average molecular weight is 197 g/mol. The molecular formula is C5H10Cl2N4. The molecule has 0 spiro atoms. The van der Waals surface area contributed by atoms with E-state index in [-0.39, 0.29) is 24.8 Å². The van der Waals surface area contributed by atoms with E-state index in [1.165, 1.54) is 0 Å². The molecule has 11 heavy (non-hydrogen) atoms. The highest BCUT2D eigenvalue weighted by Crippen LogP contribution is 2.08. The lowest BCUT2D eigenvalue weighted by Crippen LogP contribution is -2.42. The summed E-state index contributed by atoms with van der Waals surface area (Å²) in [6.07, 6.45) is 3.51. The average Bonchev–Trinajstić information content (AvgIpc) is 2.11. The highest BCUT2D eigenvalue weighted by atomic mass is 35.5. The molecule has 1 N–H and O–H groups in total. The number of hydrogen-bond donors (Lipinski definition) is 1. The van der Waals surface area contributed by atoms with E-state index in [0.717, 1.165) is 13.1 Å². The Labute approximate surface area is 77.2 Å². The molecule has 1 aromatic heterocycles. The topological polar surface area (TPSA) is 42.7 Å². The van der Waals surface area contributed by atoms with Gasteiger partial charge in [0.1, 0.15) is 12.7 Å². The van der Waals surface area contributed by atoms with Crippen LogP contribution in [-0.2, 0) is 0 Å². The van der Waals surface area contributed by atoms with E-state index in [1.807, 2.05) is 4.57 Å². The van der Waals surface area contributed by atoms with E-state index in [0.29, 0.717) is 6.04 Å². The van der Waals surface area contributed by atoms with Gasteiger partial charge in [0.05, 0.1) is 6.04 Å². The van der Waals surface area contributed by atoms with E-state index in [9.17, 15) is 0 Å². The Morgan fingerprint density at radius 1 is 1.18 bits per heavy atom. The Morgan fingerprint density at radius 3 is 2.09 bits per heavy atom. The molecule has 1 fully saturated rings. The van der Waals surface area contributed by atoms with E-state index in [1.54, 1.807) is 12.7 Å². The summed E-state index contributed by atoms with van der Waals surface area (Å²) in [6.45, 7) is 2.11. The molecule has 1 aliphatic heterocycles. The van der Waals surface area contributed by atoms with Gasteiger partial charge in [0.2, 0.25) is 0 Å². The predicted octanol–water partition coefficient (Wildman–Crippen LogP) is 0.266. The monoisotopic (exact) mass is 196 g/mol. The third-order valence-electron chi connectivity index (χ3n) is 1.62. The lowest BCUT2D eigenvalue weighted by Gasteiger charge is -2.27. The summed E-state index contributed by atoms with van der Waals surface area (Å²) < 4.78 is 2.02. The maximum absolute atomic E-state index is 3.71. The summed E-state index contributed by atoms with van der Waals surface area (Å²) in [6, 6.07) is 0.597. The standard InChI is InChI=1S/C5H8N4.2ClH/c1-5(2-6-1)9-3-7-8-4-9;;/h3-6H,1-2H2;2*1H. The number of aromatic nitrogens is 3. The molecule has 0 amide bonds. The summed E-state index contributed by atoms with van der Waals surface area (Å²) in [5, 5.41) is 10.6. The van der Waals surface area contributed by atoms with Crippen LogP contribution in [0.25, 0.3) is 0 Å². The van der Waals surface area contributed by atoms with Crippen molar-refractivity contribution in [2.45, 2.75) is 6.04 Å². The molecule has 4 nitrogen and oxygen atoms in total. The van der Waals surface area contributed by atoms with E-state index in [2.05, 4.69) is 15.5 Å². The minimum absolute atomic E-state index is 0. The summed E-state index contributed by atoms with van der Waals surface area (Å²) in [4.78, 5) is 0. The highest BCUT2D eigenvalue weighted by Gasteiger charge is 2.17. The van der Waals surface area contributed by atoms with Gasteiger partial charge in [-0.25, -0.2) is 0 Å². The molecule has 1 aromatic rings. The molecule has 1 aliphatic rings. The second kappa shape index (κ2) is 4.54. The molecule has 0 unspecified atom stereocenters. The van der Waals surface area contributed by atoms with Crippen LogP contribution in [0.3, 0.4) is 0 Å². The minimum atomic E-state index is 0. The van der Waals surface area contributed by atoms with Crippen LogP contribution in [0.15, 0.2) is 12.7 Å². The molecule has 2 heterocycles. The van der Waals surface area contributed by atoms with Gasteiger partial charge in [-0.15, -0.1) is 35.0 Å². The van der Waals surface area contributed by atoms with Crippen LogP contribution in [0.5, 0.6) is 0 Å². The molecule has 0 bridgehead atoms. The van der Waals surface area contributed by atoms with Crippen LogP contribution < -0.4 is 5.32 Å². The number of nitrogens with one attached hydrogen (secondary N) is 1. The zero-order valence-corrected chi connectivity index (χ0v) is 7.44. The first kappa shape index (κ1) is 10.7. The van der Waals surface area contributed by atoms with Gasteiger partial charge in [-0.1, -0.05) is 0 Å². The zero-order chi connectivity index (χ0) is 6.10. The summed E-state index contributed by atoms with van der Waals surface area (Å²) >= 11 is 0. The molecule has 0 aliphatic carbocycles. The van der Waals surface area contributed by atoms with Crippen molar-refractivity contribution in [2.24, 2.45) is 0 Å². The first-order valence-electron chi connectivity index (χ1n) is 3.01. The maximum Gasteiger partial charge on any atom is 0.119 e. The van der Waals surface area contributed by atoms with Crippen LogP contribution >= 0.6 is 24.8 Å². The van der Waals surface area contributed by atoms with Gasteiger partial charge in [-0.3, -0.25) is 0 Å². The second-order valence-corrected chi connectivity index (χ2v) is 2.22. The zero-order valence-electron chi connectivity index (χ0n) is 5.80. The summed E-state index contributed by atoms with van der Waals surface area (Å²) in [5.74, 6) is 0. The minimum Gasteiger partial charge on any atom is -0.314 e. The van der Waals surface area contributed by atoms with Crippen molar-refractivity contribution in [1.29, 1.82) is 0 Å². The van der Waals surface area contributed by atoms with Crippen LogP contribution in [0.4, 0.5) is 0 Å². The molecule has 6 heteroatoms. The van der Waals surface area contributed by atoms with Crippen molar-refractivity contribution >= 4 is 24.8 Å². The third-order valence-corrected chi connectivity index (χ3v) is 1.62. The molecule has 0 radical (unpaired) electrons. The van der Waals surface area contributed by atoms with Crippen LogP contribution in [0, 0.1) is 0 Å². The van der Waals surface area contributed by atoms with Crippen LogP contribution in [0.2, 0.25) is 0 Å². The van der Waals surface area contributed by atoms with Crippen molar-refractivity contribution in [3.63, 3.8) is 0 Å². The molecular weight excluding hydrogens is 187 g/mol. The van der Waals surface area contributed by atoms with E-state index >= 15 is 0 Å². The normalized spacial score (nSPS) is 16.0. The van der Waals surface area contributed by atoms with Crippen molar-refractivity contribution in [3.8, 4) is 0 Å². The van der Waals surface area contributed by atoms with Crippen molar-refractivity contribution in [2.75, 3.05) is 13.1 Å². The van der Waals surface area contributed by atoms with Gasteiger partial charge in [-0.2, -0.15) is 0 Å². The molecule has 0 saturated carbocycles. The Kier molecular flexibility index (Phi) is 4.40. The van der Waals surface area contributed by atoms with Gasteiger partial charge in [-0.05, 0) is 0 Å². The van der Waals surface area contributed by atoms with Crippen molar-refractivity contribution in [3.05, 3.63) is 12.7 Å². The molecule has 2 rings (SSSR count). The summed E-state index contributed by atoms with van der Waals surface area (Å²) in [7, 11) is 0. The maximum atomic E-state index is 3.71. The largest absolute Gasteiger partial charge is 0.314 e. The summed E-state index contributed by atoms with van der Waals surface area (Å²) in [5.41, 5.74) is 0. The van der Waals surface area contributed by atoms with E-state index < -0.39 is 0 Å². The SMILES string of the molecule is Cl.Cl.c1nncn1C1CNC1. The Bertz CT molecular complexity index is 184. The first-order valence-corrected chi connectivity index (χ1v) is 3.01. The van der Waals surface area contributed by atoms with Gasteiger partial charge in [0.15, 0.2) is 0 Å². The lowest BCUT2D eigenvalue weighted by molar-refractivity contribution is 0.342. The highest BCUT2D eigenvalue weighted by molar-refractivity contribution is 5.85. The molecule has 0 aromatic carbocycles. The fourth-order valence-corrected chi connectivity index (χ4v) is 0.882. The number of halogens is 2. The van der Waals surface area contributed by atoms with Crippen LogP contribution in [0.1, 0.15) is 6.04 Å². The van der Waals surface area contributed by atoms with Crippen molar-refractivity contribution in [1.82, 2.24) is 20.1 Å². The quantitative estimate of drug-likeness (QED) is 0.702. The Balaban J connectivity index is 0.000000500. The number of nitrogens with zero attached hydrogens (tertiary/aromatic N) is 3. The van der Waals surface area contributed by atoms with Gasteiger partial charge >= 0.3 is 0 Å². The number of hydrogen-bond acceptors (Lipinski definition) is 3. The van der Waals surface area contributed by atoms with E-state index in [4.69, 9.17) is 0 Å². The van der Waals surface area contributed by atoms with Gasteiger partial charge in [0, 0.05) is 13.1 Å². The van der Waals surface area contributed by atoms with Crippen LogP contribution in [-0.4, -0.2) is 27.9 Å². The molecule has 1 saturated heterocycles. The molecule has 0 atom stereocenters. The van der Waals surface area contributed by atoms with Crippen molar-refractivity contribution < 1.29 is 0 Å².